The normalized spacial score (nSPS) is 14.1. The van der Waals surface area contributed by atoms with E-state index in [2.05, 4.69) is 19.9 Å². The van der Waals surface area contributed by atoms with Crippen molar-refractivity contribution in [2.45, 2.75) is 59.3 Å². The van der Waals surface area contributed by atoms with Gasteiger partial charge < -0.3 is 28.4 Å². The van der Waals surface area contributed by atoms with Crippen LogP contribution in [0, 0.1) is 0 Å². The number of methoxy groups -OCH3 is 1. The van der Waals surface area contributed by atoms with E-state index >= 15 is 0 Å². The second-order valence-electron chi connectivity index (χ2n) is 11.2. The van der Waals surface area contributed by atoms with E-state index in [4.69, 9.17) is 23.9 Å². The first-order valence-electron chi connectivity index (χ1n) is 13.0. The van der Waals surface area contributed by atoms with Crippen LogP contribution >= 0.6 is 0 Å². The molecule has 0 atom stereocenters. The van der Waals surface area contributed by atoms with Crippen molar-refractivity contribution < 1.29 is 33.3 Å². The fourth-order valence-electron chi connectivity index (χ4n) is 3.78. The molecule has 0 radical (unpaired) electrons. The second kappa shape index (κ2) is 11.6. The lowest BCUT2D eigenvalue weighted by Crippen LogP contribution is -2.44. The molecule has 3 aromatic heterocycles. The Labute approximate surface area is 236 Å². The summed E-state index contributed by atoms with van der Waals surface area (Å²) < 4.78 is 22.7. The van der Waals surface area contributed by atoms with Crippen LogP contribution < -0.4 is 9.80 Å². The molecule has 1 fully saturated rings. The maximum atomic E-state index is 13.0. The lowest BCUT2D eigenvalue weighted by Gasteiger charge is -2.28. The van der Waals surface area contributed by atoms with Crippen molar-refractivity contribution in [1.82, 2.24) is 29.5 Å². The molecule has 15 heteroatoms. The zero-order valence-corrected chi connectivity index (χ0v) is 24.2. The SMILES string of the molecule is COC(=O)Cn1cnc2c(N3CCOCC3)nc(-c3cnc(N(C(=O)OC(C)(C)C)C(=O)OC(C)(C)C)nc3)nc21. The molecule has 1 aliphatic rings. The number of imide groups is 1. The minimum Gasteiger partial charge on any atom is -0.468 e. The first-order chi connectivity index (χ1) is 19.3. The van der Waals surface area contributed by atoms with Gasteiger partial charge in [0.05, 0.1) is 32.2 Å². The highest BCUT2D eigenvalue weighted by atomic mass is 16.6. The topological polar surface area (TPSA) is 164 Å². The monoisotopic (exact) mass is 570 g/mol. The summed E-state index contributed by atoms with van der Waals surface area (Å²) in [6.45, 7) is 12.2. The number of carbonyl (C=O) groups excluding carboxylic acids is 3. The lowest BCUT2D eigenvalue weighted by molar-refractivity contribution is -0.141. The molecule has 0 saturated carbocycles. The highest BCUT2D eigenvalue weighted by molar-refractivity contribution is 6.08. The molecular weight excluding hydrogens is 536 g/mol. The van der Waals surface area contributed by atoms with Crippen LogP contribution in [0.2, 0.25) is 0 Å². The molecule has 1 saturated heterocycles. The standard InChI is InChI=1S/C26H34N8O7/c1-25(2,3)40-23(36)34(24(37)41-26(4,5)6)22-27-12-16(13-28-22)19-30-20(32-8-10-39-11-9-32)18-21(31-19)33(15-29-18)14-17(35)38-7/h12-13,15H,8-11,14H2,1-7H3. The van der Waals surface area contributed by atoms with E-state index in [0.717, 1.165) is 0 Å². The molecule has 41 heavy (non-hydrogen) atoms. The van der Waals surface area contributed by atoms with Gasteiger partial charge in [0, 0.05) is 25.5 Å². The number of anilines is 2. The Balaban J connectivity index is 1.75. The third kappa shape index (κ3) is 7.22. The Kier molecular flexibility index (Phi) is 8.37. The number of nitrogens with zero attached hydrogens (tertiary/aromatic N) is 8. The molecule has 0 aliphatic carbocycles. The Morgan fingerprint density at radius 3 is 2.05 bits per heavy atom. The van der Waals surface area contributed by atoms with E-state index in [1.54, 1.807) is 46.1 Å². The number of carbonyl (C=O) groups is 3. The Hall–Kier alpha value is -4.40. The molecule has 2 amide bonds. The Morgan fingerprint density at radius 1 is 0.927 bits per heavy atom. The molecule has 3 aromatic rings. The van der Waals surface area contributed by atoms with Crippen molar-refractivity contribution in [3.63, 3.8) is 0 Å². The summed E-state index contributed by atoms with van der Waals surface area (Å²) in [7, 11) is 1.30. The van der Waals surface area contributed by atoms with Crippen LogP contribution in [0.15, 0.2) is 18.7 Å². The Bertz CT molecular complexity index is 1390. The number of ether oxygens (including phenoxy) is 4. The molecule has 4 heterocycles. The second-order valence-corrected chi connectivity index (χ2v) is 11.2. The zero-order chi connectivity index (χ0) is 29.9. The summed E-state index contributed by atoms with van der Waals surface area (Å²) in [5.74, 6) is 0.0975. The first kappa shape index (κ1) is 29.6. The summed E-state index contributed by atoms with van der Waals surface area (Å²) in [6.07, 6.45) is 2.30. The van der Waals surface area contributed by atoms with Crippen LogP contribution in [-0.4, -0.2) is 92.3 Å². The van der Waals surface area contributed by atoms with Gasteiger partial charge in [0.2, 0.25) is 5.95 Å². The minimum atomic E-state index is -0.988. The van der Waals surface area contributed by atoms with Gasteiger partial charge in [-0.3, -0.25) is 4.79 Å². The number of amides is 2. The van der Waals surface area contributed by atoms with Gasteiger partial charge in [-0.25, -0.2) is 34.5 Å². The van der Waals surface area contributed by atoms with Gasteiger partial charge in [-0.1, -0.05) is 0 Å². The van der Waals surface area contributed by atoms with Crippen molar-refractivity contribution in [2.24, 2.45) is 0 Å². The van der Waals surface area contributed by atoms with E-state index in [1.807, 2.05) is 4.90 Å². The van der Waals surface area contributed by atoms with Crippen molar-refractivity contribution >= 4 is 41.1 Å². The predicted octanol–water partition coefficient (Wildman–Crippen LogP) is 2.97. The van der Waals surface area contributed by atoms with Crippen LogP contribution in [0.25, 0.3) is 22.6 Å². The average Bonchev–Trinajstić information content (AvgIpc) is 3.29. The zero-order valence-electron chi connectivity index (χ0n) is 24.2. The van der Waals surface area contributed by atoms with Gasteiger partial charge in [-0.15, -0.1) is 4.90 Å². The number of fused-ring (bicyclic) bond motifs is 1. The summed E-state index contributed by atoms with van der Waals surface area (Å²) in [5.41, 5.74) is -0.454. The van der Waals surface area contributed by atoms with E-state index < -0.39 is 29.4 Å². The fourth-order valence-corrected chi connectivity index (χ4v) is 3.78. The number of esters is 1. The van der Waals surface area contributed by atoms with Gasteiger partial charge in [-0.2, -0.15) is 0 Å². The van der Waals surface area contributed by atoms with Crippen LogP contribution in [0.1, 0.15) is 41.5 Å². The molecule has 0 bridgehead atoms. The fraction of sp³-hybridized carbons (Fsp3) is 0.538. The van der Waals surface area contributed by atoms with Gasteiger partial charge in [-0.05, 0) is 41.5 Å². The maximum Gasteiger partial charge on any atom is 0.427 e. The van der Waals surface area contributed by atoms with Gasteiger partial charge in [0.15, 0.2) is 22.8 Å². The number of morpholine rings is 1. The molecule has 0 unspecified atom stereocenters. The molecule has 0 aromatic carbocycles. The van der Waals surface area contributed by atoms with Crippen LogP contribution in [-0.2, 0) is 30.3 Å². The van der Waals surface area contributed by atoms with E-state index in [1.165, 1.54) is 25.8 Å². The van der Waals surface area contributed by atoms with Gasteiger partial charge >= 0.3 is 18.2 Å². The lowest BCUT2D eigenvalue weighted by atomic mass is 10.2. The number of rotatable bonds is 5. The number of imidazole rings is 1. The van der Waals surface area contributed by atoms with E-state index in [9.17, 15) is 14.4 Å². The van der Waals surface area contributed by atoms with Gasteiger partial charge in [0.1, 0.15) is 17.7 Å². The minimum absolute atomic E-state index is 0.0951. The highest BCUT2D eigenvalue weighted by Crippen LogP contribution is 2.28. The van der Waals surface area contributed by atoms with Crippen LogP contribution in [0.4, 0.5) is 21.4 Å². The molecule has 0 spiro atoms. The number of hydrogen-bond acceptors (Lipinski definition) is 13. The Morgan fingerprint density at radius 2 is 1.51 bits per heavy atom. The van der Waals surface area contributed by atoms with Crippen molar-refractivity contribution in [2.75, 3.05) is 43.2 Å². The molecular formula is C26H34N8O7. The number of hydrogen-bond donors (Lipinski definition) is 0. The highest BCUT2D eigenvalue weighted by Gasteiger charge is 2.34. The maximum absolute atomic E-state index is 13.0. The van der Waals surface area contributed by atoms with E-state index in [-0.39, 0.29) is 18.3 Å². The average molecular weight is 571 g/mol. The van der Waals surface area contributed by atoms with Gasteiger partial charge in [0.25, 0.3) is 0 Å². The number of aromatic nitrogens is 6. The molecule has 4 rings (SSSR count). The largest absolute Gasteiger partial charge is 0.468 e. The smallest absolute Gasteiger partial charge is 0.427 e. The third-order valence-electron chi connectivity index (χ3n) is 5.53. The quantitative estimate of drug-likeness (QED) is 0.325. The summed E-state index contributed by atoms with van der Waals surface area (Å²) >= 11 is 0. The van der Waals surface area contributed by atoms with Crippen molar-refractivity contribution in [3.8, 4) is 11.4 Å². The summed E-state index contributed by atoms with van der Waals surface area (Å²) in [4.78, 5) is 62.9. The molecule has 15 nitrogen and oxygen atoms in total. The van der Waals surface area contributed by atoms with Crippen LogP contribution in [0.3, 0.4) is 0 Å². The predicted molar refractivity (Wildman–Crippen MR) is 146 cm³/mol. The summed E-state index contributed by atoms with van der Waals surface area (Å²) in [5, 5.41) is 0. The first-order valence-corrected chi connectivity index (χ1v) is 13.0. The van der Waals surface area contributed by atoms with E-state index in [0.29, 0.717) is 53.7 Å². The summed E-state index contributed by atoms with van der Waals surface area (Å²) in [6, 6.07) is 0. The van der Waals surface area contributed by atoms with Crippen LogP contribution in [0.5, 0.6) is 0 Å². The molecule has 1 aliphatic heterocycles. The van der Waals surface area contributed by atoms with Crippen molar-refractivity contribution in [1.29, 1.82) is 0 Å². The molecule has 220 valence electrons. The van der Waals surface area contributed by atoms with Crippen molar-refractivity contribution in [3.05, 3.63) is 18.7 Å². The third-order valence-corrected chi connectivity index (χ3v) is 5.53. The molecule has 0 N–H and O–H groups in total.